The summed E-state index contributed by atoms with van der Waals surface area (Å²) in [7, 11) is 0. The van der Waals surface area contributed by atoms with Crippen LogP contribution in [-0.4, -0.2) is 9.85 Å². The second kappa shape index (κ2) is 6.08. The molecule has 0 N–H and O–H groups in total. The van der Waals surface area contributed by atoms with Gasteiger partial charge in [0.2, 0.25) is 0 Å². The van der Waals surface area contributed by atoms with Crippen LogP contribution in [0.1, 0.15) is 11.1 Å². The summed E-state index contributed by atoms with van der Waals surface area (Å²) < 4.78 is 0. The van der Waals surface area contributed by atoms with Crippen LogP contribution in [0.25, 0.3) is 0 Å². The summed E-state index contributed by atoms with van der Waals surface area (Å²) in [5.74, 6) is 0. The lowest BCUT2D eigenvalue weighted by atomic mass is 10.1. The number of hydrogen-bond acceptors (Lipinski definition) is 6. The molecule has 0 bridgehead atoms. The van der Waals surface area contributed by atoms with E-state index in [1.807, 2.05) is 32.0 Å². The number of benzene rings is 2. The average Bonchev–Trinajstić information content (AvgIpc) is 2.46. The van der Waals surface area contributed by atoms with E-state index in [1.165, 1.54) is 6.07 Å². The minimum absolute atomic E-state index is 0.0294. The van der Waals surface area contributed by atoms with Gasteiger partial charge in [-0.25, -0.2) is 0 Å². The highest BCUT2D eigenvalue weighted by Gasteiger charge is 2.19. The molecule has 0 spiro atoms. The van der Waals surface area contributed by atoms with Crippen molar-refractivity contribution in [2.75, 3.05) is 0 Å². The second-order valence-electron chi connectivity index (χ2n) is 4.63. The van der Waals surface area contributed by atoms with Gasteiger partial charge >= 0.3 is 5.69 Å². The molecule has 0 amide bonds. The second-order valence-corrected chi connectivity index (χ2v) is 4.63. The summed E-state index contributed by atoms with van der Waals surface area (Å²) in [5.41, 5.74) is 1.54. The summed E-state index contributed by atoms with van der Waals surface area (Å²) in [5, 5.41) is 29.6. The number of rotatable bonds is 4. The molecule has 2 aromatic carbocycles. The Morgan fingerprint density at radius 2 is 1.55 bits per heavy atom. The van der Waals surface area contributed by atoms with Gasteiger partial charge in [-0.1, -0.05) is 18.2 Å². The van der Waals surface area contributed by atoms with Gasteiger partial charge in [-0.2, -0.15) is 0 Å². The minimum Gasteiger partial charge on any atom is -0.258 e. The monoisotopic (exact) mass is 300 g/mol. The van der Waals surface area contributed by atoms with Crippen molar-refractivity contribution < 1.29 is 9.85 Å². The maximum atomic E-state index is 11.0. The molecular formula is C14H12N4O4. The molecule has 0 radical (unpaired) electrons. The molecule has 0 saturated carbocycles. The molecule has 2 rings (SSSR count). The summed E-state index contributed by atoms with van der Waals surface area (Å²) >= 11 is 0. The van der Waals surface area contributed by atoms with Crippen LogP contribution in [0, 0.1) is 34.1 Å². The molecule has 0 fully saturated rings. The lowest BCUT2D eigenvalue weighted by Crippen LogP contribution is -1.92. The van der Waals surface area contributed by atoms with E-state index >= 15 is 0 Å². The van der Waals surface area contributed by atoms with Crippen molar-refractivity contribution in [3.8, 4) is 0 Å². The van der Waals surface area contributed by atoms with E-state index in [9.17, 15) is 20.2 Å². The summed E-state index contributed by atoms with van der Waals surface area (Å²) in [4.78, 5) is 20.3. The third-order valence-corrected chi connectivity index (χ3v) is 3.06. The SMILES string of the molecule is Cc1cccc(C)c1N=Nc1ccc([N+](=O)[O-])cc1[N+](=O)[O-]. The smallest absolute Gasteiger partial charge is 0.258 e. The predicted molar refractivity (Wildman–Crippen MR) is 79.8 cm³/mol. The van der Waals surface area contributed by atoms with Crippen molar-refractivity contribution in [2.45, 2.75) is 13.8 Å². The van der Waals surface area contributed by atoms with Gasteiger partial charge in [0.15, 0.2) is 5.69 Å². The Labute approximate surface area is 125 Å². The summed E-state index contributed by atoms with van der Waals surface area (Å²) in [6, 6.07) is 8.83. The zero-order valence-electron chi connectivity index (χ0n) is 11.9. The molecule has 0 unspecified atom stereocenters. The maximum absolute atomic E-state index is 11.0. The first-order chi connectivity index (χ1) is 10.4. The number of hydrogen-bond donors (Lipinski definition) is 0. The van der Waals surface area contributed by atoms with Crippen molar-refractivity contribution in [3.63, 3.8) is 0 Å². The normalized spacial score (nSPS) is 10.8. The fourth-order valence-electron chi connectivity index (χ4n) is 1.92. The first kappa shape index (κ1) is 15.2. The Hall–Kier alpha value is -3.16. The highest BCUT2D eigenvalue weighted by Crippen LogP contribution is 2.33. The van der Waals surface area contributed by atoms with Crippen LogP contribution < -0.4 is 0 Å². The molecule has 0 aliphatic carbocycles. The molecule has 0 saturated heterocycles. The lowest BCUT2D eigenvalue weighted by Gasteiger charge is -2.02. The van der Waals surface area contributed by atoms with E-state index < -0.39 is 15.5 Å². The lowest BCUT2D eigenvalue weighted by molar-refractivity contribution is -0.393. The summed E-state index contributed by atoms with van der Waals surface area (Å²) in [6.07, 6.45) is 0. The first-order valence-corrected chi connectivity index (χ1v) is 6.31. The number of azo groups is 1. The maximum Gasteiger partial charge on any atom is 0.303 e. The highest BCUT2D eigenvalue weighted by atomic mass is 16.6. The van der Waals surface area contributed by atoms with Crippen molar-refractivity contribution in [1.82, 2.24) is 0 Å². The van der Waals surface area contributed by atoms with Gasteiger partial charge in [0.25, 0.3) is 5.69 Å². The number of aryl methyl sites for hydroxylation is 2. The highest BCUT2D eigenvalue weighted by molar-refractivity contribution is 5.62. The van der Waals surface area contributed by atoms with Crippen molar-refractivity contribution >= 4 is 22.7 Å². The Bertz CT molecular complexity index is 766. The zero-order valence-corrected chi connectivity index (χ0v) is 11.9. The van der Waals surface area contributed by atoms with E-state index in [1.54, 1.807) is 0 Å². The van der Waals surface area contributed by atoms with E-state index in [4.69, 9.17) is 0 Å². The number of nitro groups is 2. The zero-order chi connectivity index (χ0) is 16.3. The Morgan fingerprint density at radius 1 is 0.909 bits per heavy atom. The van der Waals surface area contributed by atoms with E-state index in [0.717, 1.165) is 23.3 Å². The van der Waals surface area contributed by atoms with Gasteiger partial charge in [-0.3, -0.25) is 20.2 Å². The van der Waals surface area contributed by atoms with Gasteiger partial charge in [0, 0.05) is 6.07 Å². The Morgan fingerprint density at radius 3 is 2.09 bits per heavy atom. The fourth-order valence-corrected chi connectivity index (χ4v) is 1.92. The molecular weight excluding hydrogens is 288 g/mol. The van der Waals surface area contributed by atoms with Crippen LogP contribution in [-0.2, 0) is 0 Å². The summed E-state index contributed by atoms with van der Waals surface area (Å²) in [6.45, 7) is 3.71. The third-order valence-electron chi connectivity index (χ3n) is 3.06. The van der Waals surface area contributed by atoms with Gasteiger partial charge in [-0.15, -0.1) is 10.2 Å². The fraction of sp³-hybridized carbons (Fsp3) is 0.143. The van der Waals surface area contributed by atoms with Crippen molar-refractivity contribution in [1.29, 1.82) is 0 Å². The van der Waals surface area contributed by atoms with E-state index in [-0.39, 0.29) is 11.4 Å². The van der Waals surface area contributed by atoms with Gasteiger partial charge in [0.1, 0.15) is 0 Å². The van der Waals surface area contributed by atoms with Crippen LogP contribution in [0.4, 0.5) is 22.7 Å². The van der Waals surface area contributed by atoms with Crippen molar-refractivity contribution in [3.05, 3.63) is 67.8 Å². The molecule has 0 atom stereocenters. The average molecular weight is 300 g/mol. The predicted octanol–water partition coefficient (Wildman–Crippen LogP) is 4.54. The molecule has 0 aromatic heterocycles. The van der Waals surface area contributed by atoms with Crippen LogP contribution in [0.2, 0.25) is 0 Å². The quantitative estimate of drug-likeness (QED) is 0.468. The standard InChI is InChI=1S/C14H12N4O4/c1-9-4-3-5-10(2)14(9)16-15-12-7-6-11(17(19)20)8-13(12)18(21)22/h3-8H,1-2H3. The van der Waals surface area contributed by atoms with Gasteiger partial charge in [-0.05, 0) is 31.0 Å². The molecule has 2 aromatic rings. The molecule has 22 heavy (non-hydrogen) atoms. The first-order valence-electron chi connectivity index (χ1n) is 6.31. The molecule has 112 valence electrons. The molecule has 8 nitrogen and oxygen atoms in total. The Kier molecular flexibility index (Phi) is 4.21. The topological polar surface area (TPSA) is 111 Å². The molecule has 0 heterocycles. The van der Waals surface area contributed by atoms with Crippen LogP contribution in [0.3, 0.4) is 0 Å². The van der Waals surface area contributed by atoms with Crippen LogP contribution in [0.15, 0.2) is 46.6 Å². The Balaban J connectivity index is 2.47. The van der Waals surface area contributed by atoms with Crippen LogP contribution in [0.5, 0.6) is 0 Å². The number of nitro benzene ring substituents is 2. The van der Waals surface area contributed by atoms with Gasteiger partial charge in [0.05, 0.1) is 21.6 Å². The molecule has 0 aliphatic rings. The molecule has 8 heteroatoms. The van der Waals surface area contributed by atoms with E-state index in [2.05, 4.69) is 10.2 Å². The van der Waals surface area contributed by atoms with Crippen molar-refractivity contribution in [2.24, 2.45) is 10.2 Å². The van der Waals surface area contributed by atoms with E-state index in [0.29, 0.717) is 5.69 Å². The van der Waals surface area contributed by atoms with Gasteiger partial charge < -0.3 is 0 Å². The van der Waals surface area contributed by atoms with Crippen LogP contribution >= 0.6 is 0 Å². The number of nitrogens with zero attached hydrogens (tertiary/aromatic N) is 4. The molecule has 0 aliphatic heterocycles. The largest absolute Gasteiger partial charge is 0.303 e. The number of non-ortho nitro benzene ring substituents is 1. The third kappa shape index (κ3) is 3.11. The minimum atomic E-state index is -0.716.